The number of aliphatic hydroxyl groups is 2. The number of aromatic nitrogens is 1. The molecule has 4 nitrogen and oxygen atoms in total. The lowest BCUT2D eigenvalue weighted by Crippen LogP contribution is -3.00. The molecule has 0 aliphatic carbocycles. The van der Waals surface area contributed by atoms with Crippen molar-refractivity contribution in [3.63, 3.8) is 0 Å². The first-order valence-corrected chi connectivity index (χ1v) is 5.91. The van der Waals surface area contributed by atoms with E-state index in [2.05, 4.69) is 0 Å². The zero-order valence-electron chi connectivity index (χ0n) is 13.8. The third kappa shape index (κ3) is 3.36. The molecule has 0 amide bonds. The largest absolute Gasteiger partial charge is 1.00 e. The monoisotopic (exact) mass is 342 g/mol. The van der Waals surface area contributed by atoms with E-state index in [9.17, 15) is 15.3 Å². The van der Waals surface area contributed by atoms with Crippen molar-refractivity contribution in [2.45, 2.75) is 26.6 Å². The Morgan fingerprint density at radius 2 is 1.85 bits per heavy atom. The molecule has 0 spiro atoms. The van der Waals surface area contributed by atoms with Gasteiger partial charge in [0.1, 0.15) is 0 Å². The first kappa shape index (κ1) is 12.3. The molecule has 1 aromatic heterocycles. The van der Waals surface area contributed by atoms with Crippen LogP contribution in [-0.2, 0) is 19.8 Å². The standard InChI is InChI=1S/C15H17NO3.BrH/c1-11-15(19)14(10-18)13(9-17)8-16(11)7-12-5-3-2-4-6-12;/h2-6,8,17-18H,7,9-10H2,1H3;1H/i1D3;. The fourth-order valence-electron chi connectivity index (χ4n) is 1.98. The SMILES string of the molecule is [2H]C([2H])([2H])c1c(O)c(CO)c(CO)c[n+]1Cc1ccccc1.[Br-]. The van der Waals surface area contributed by atoms with E-state index in [1.54, 1.807) is 0 Å². The Hall–Kier alpha value is -1.43. The second kappa shape index (κ2) is 7.38. The molecule has 0 saturated heterocycles. The van der Waals surface area contributed by atoms with Crippen LogP contribution in [0.4, 0.5) is 0 Å². The van der Waals surface area contributed by atoms with Gasteiger partial charge in [-0.05, 0) is 0 Å². The number of hydrogen-bond donors (Lipinski definition) is 3. The van der Waals surface area contributed by atoms with E-state index in [0.29, 0.717) is 5.56 Å². The number of nitrogens with zero attached hydrogens (tertiary/aromatic N) is 1. The minimum atomic E-state index is -2.54. The van der Waals surface area contributed by atoms with E-state index in [4.69, 9.17) is 4.11 Å². The van der Waals surface area contributed by atoms with Gasteiger partial charge in [0.05, 0.1) is 18.8 Å². The van der Waals surface area contributed by atoms with Gasteiger partial charge in [-0.15, -0.1) is 0 Å². The van der Waals surface area contributed by atoms with Gasteiger partial charge < -0.3 is 32.3 Å². The molecule has 2 aromatic rings. The Morgan fingerprint density at radius 3 is 2.40 bits per heavy atom. The summed E-state index contributed by atoms with van der Waals surface area (Å²) in [6.07, 6.45) is 1.46. The molecule has 0 unspecified atom stereocenters. The summed E-state index contributed by atoms with van der Waals surface area (Å²) in [5.41, 5.74) is 0.942. The number of pyridine rings is 1. The zero-order valence-corrected chi connectivity index (χ0v) is 12.3. The number of rotatable bonds is 4. The van der Waals surface area contributed by atoms with Crippen LogP contribution in [0.3, 0.4) is 0 Å². The third-order valence-corrected chi connectivity index (χ3v) is 3.02. The zero-order chi connectivity index (χ0) is 16.3. The van der Waals surface area contributed by atoms with Crippen molar-refractivity contribution in [3.8, 4) is 5.75 Å². The number of benzene rings is 1. The minimum absolute atomic E-state index is 0. The Kier molecular flexibility index (Phi) is 4.55. The van der Waals surface area contributed by atoms with Crippen molar-refractivity contribution in [2.24, 2.45) is 0 Å². The number of aromatic hydroxyl groups is 1. The molecule has 20 heavy (non-hydrogen) atoms. The summed E-state index contributed by atoms with van der Waals surface area (Å²) in [5.74, 6) is -0.495. The van der Waals surface area contributed by atoms with Crippen molar-refractivity contribution < 1.29 is 41.0 Å². The first-order chi connectivity index (χ1) is 10.4. The van der Waals surface area contributed by atoms with E-state index in [1.165, 1.54) is 10.8 Å². The van der Waals surface area contributed by atoms with E-state index >= 15 is 0 Å². The molecule has 108 valence electrons. The molecule has 5 heteroatoms. The van der Waals surface area contributed by atoms with Crippen LogP contribution >= 0.6 is 0 Å². The summed E-state index contributed by atoms with van der Waals surface area (Å²) >= 11 is 0. The smallest absolute Gasteiger partial charge is 0.220 e. The van der Waals surface area contributed by atoms with Crippen LogP contribution in [0.15, 0.2) is 36.5 Å². The van der Waals surface area contributed by atoms with Crippen LogP contribution in [0.1, 0.15) is 26.5 Å². The van der Waals surface area contributed by atoms with Crippen LogP contribution in [-0.4, -0.2) is 15.3 Å². The fraction of sp³-hybridized carbons (Fsp3) is 0.267. The average molecular weight is 343 g/mol. The van der Waals surface area contributed by atoms with Crippen molar-refractivity contribution in [1.29, 1.82) is 0 Å². The predicted molar refractivity (Wildman–Crippen MR) is 70.4 cm³/mol. The van der Waals surface area contributed by atoms with Gasteiger partial charge >= 0.3 is 0 Å². The highest BCUT2D eigenvalue weighted by Crippen LogP contribution is 2.23. The van der Waals surface area contributed by atoms with Gasteiger partial charge in [0.2, 0.25) is 5.69 Å². The van der Waals surface area contributed by atoms with Gasteiger partial charge in [0.15, 0.2) is 18.5 Å². The van der Waals surface area contributed by atoms with Crippen molar-refractivity contribution in [3.05, 3.63) is 58.9 Å². The molecule has 0 atom stereocenters. The highest BCUT2D eigenvalue weighted by atomic mass is 79.9. The van der Waals surface area contributed by atoms with Gasteiger partial charge in [-0.3, -0.25) is 0 Å². The molecule has 0 saturated carbocycles. The van der Waals surface area contributed by atoms with Crippen LogP contribution < -0.4 is 21.5 Å². The van der Waals surface area contributed by atoms with Gasteiger partial charge in [0, 0.05) is 22.1 Å². The maximum Gasteiger partial charge on any atom is 0.220 e. The molecule has 0 fully saturated rings. The molecule has 0 aliphatic heterocycles. The topological polar surface area (TPSA) is 64.6 Å². The molecular formula is C15H18BrNO3. The van der Waals surface area contributed by atoms with Crippen LogP contribution in [0.25, 0.3) is 0 Å². The maximum atomic E-state index is 10.2. The summed E-state index contributed by atoms with van der Waals surface area (Å²) in [6, 6.07) is 9.20. The van der Waals surface area contributed by atoms with Crippen LogP contribution in [0, 0.1) is 6.85 Å². The van der Waals surface area contributed by atoms with Crippen LogP contribution in [0.5, 0.6) is 5.75 Å². The Bertz CT molecular complexity index is 663. The summed E-state index contributed by atoms with van der Waals surface area (Å²) in [4.78, 5) is 0. The molecular weight excluding hydrogens is 322 g/mol. The average Bonchev–Trinajstić information content (AvgIpc) is 2.46. The van der Waals surface area contributed by atoms with Crippen LogP contribution in [0.2, 0.25) is 0 Å². The summed E-state index contributed by atoms with van der Waals surface area (Å²) in [7, 11) is 0. The van der Waals surface area contributed by atoms with Crippen molar-refractivity contribution in [2.75, 3.05) is 0 Å². The first-order valence-electron chi connectivity index (χ1n) is 7.41. The normalized spacial score (nSPS) is 13.0. The molecule has 0 bridgehead atoms. The Balaban J connectivity index is 0.00000264. The summed E-state index contributed by atoms with van der Waals surface area (Å²) in [5, 5.41) is 29.0. The van der Waals surface area contributed by atoms with E-state index < -0.39 is 25.8 Å². The predicted octanol–water partition coefficient (Wildman–Crippen LogP) is -1.97. The molecule has 1 aromatic carbocycles. The number of hydrogen-bond acceptors (Lipinski definition) is 3. The second-order valence-corrected chi connectivity index (χ2v) is 4.26. The lowest BCUT2D eigenvalue weighted by atomic mass is 10.1. The Morgan fingerprint density at radius 1 is 1.15 bits per heavy atom. The van der Waals surface area contributed by atoms with Gasteiger partial charge in [-0.2, -0.15) is 4.57 Å². The lowest BCUT2D eigenvalue weighted by molar-refractivity contribution is -0.695. The summed E-state index contributed by atoms with van der Waals surface area (Å²) in [6.45, 7) is -3.26. The van der Waals surface area contributed by atoms with E-state index in [0.717, 1.165) is 5.56 Å². The lowest BCUT2D eigenvalue weighted by Gasteiger charge is -2.10. The molecule has 1 heterocycles. The summed E-state index contributed by atoms with van der Waals surface area (Å²) < 4.78 is 24.3. The molecule has 3 N–H and O–H groups in total. The quantitative estimate of drug-likeness (QED) is 0.564. The fourth-order valence-corrected chi connectivity index (χ4v) is 1.98. The molecule has 2 rings (SSSR count). The van der Waals surface area contributed by atoms with E-state index in [1.807, 2.05) is 30.3 Å². The van der Waals surface area contributed by atoms with Gasteiger partial charge in [-0.25, -0.2) is 0 Å². The maximum absolute atomic E-state index is 10.2. The Labute approximate surface area is 132 Å². The van der Waals surface area contributed by atoms with E-state index in [-0.39, 0.29) is 34.8 Å². The second-order valence-electron chi connectivity index (χ2n) is 4.26. The molecule has 0 radical (unpaired) electrons. The van der Waals surface area contributed by atoms with Gasteiger partial charge in [0.25, 0.3) is 0 Å². The minimum Gasteiger partial charge on any atom is -1.00 e. The van der Waals surface area contributed by atoms with Crippen molar-refractivity contribution in [1.82, 2.24) is 0 Å². The highest BCUT2D eigenvalue weighted by Gasteiger charge is 2.20. The number of halogens is 1. The van der Waals surface area contributed by atoms with Crippen molar-refractivity contribution >= 4 is 0 Å². The third-order valence-electron chi connectivity index (χ3n) is 3.02. The molecule has 0 aliphatic rings. The number of aliphatic hydroxyl groups excluding tert-OH is 2. The highest BCUT2D eigenvalue weighted by molar-refractivity contribution is 5.37. The van der Waals surface area contributed by atoms with Gasteiger partial charge in [-0.1, -0.05) is 30.3 Å².